The van der Waals surface area contributed by atoms with Crippen LogP contribution in [0.2, 0.25) is 5.02 Å². The van der Waals surface area contributed by atoms with E-state index in [2.05, 4.69) is 14.9 Å². The van der Waals surface area contributed by atoms with Gasteiger partial charge in [0, 0.05) is 12.6 Å². The molecule has 0 aromatic carbocycles. The predicted octanol–water partition coefficient (Wildman–Crippen LogP) is 0.848. The summed E-state index contributed by atoms with van der Waals surface area (Å²) in [4.78, 5) is 23.0. The molecule has 94 valence electrons. The fraction of sp³-hybridized carbons (Fsp3) is 0.273. The Morgan fingerprint density at radius 2 is 2.28 bits per heavy atom. The molecule has 0 aliphatic carbocycles. The average molecular weight is 268 g/mol. The third-order valence-electron chi connectivity index (χ3n) is 2.44. The van der Waals surface area contributed by atoms with E-state index < -0.39 is 5.97 Å². The van der Waals surface area contributed by atoms with E-state index in [9.17, 15) is 9.59 Å². The number of methoxy groups -OCH3 is 1. The number of hydrogen-bond donors (Lipinski definition) is 0. The van der Waals surface area contributed by atoms with Gasteiger partial charge in [-0.1, -0.05) is 11.6 Å². The Labute approximate surface area is 107 Å². The van der Waals surface area contributed by atoms with Gasteiger partial charge in [-0.25, -0.2) is 0 Å². The number of halogens is 1. The SMILES string of the molecule is COC(=O)CCc1nnc2c(Cl)cccn2c1=O. The number of aryl methyl sites for hydroxylation is 1. The fourth-order valence-corrected chi connectivity index (χ4v) is 1.70. The molecule has 0 bridgehead atoms. The van der Waals surface area contributed by atoms with Crippen molar-refractivity contribution in [2.45, 2.75) is 12.8 Å². The predicted molar refractivity (Wildman–Crippen MR) is 64.6 cm³/mol. The van der Waals surface area contributed by atoms with E-state index in [1.165, 1.54) is 11.5 Å². The molecule has 6 nitrogen and oxygen atoms in total. The number of fused-ring (bicyclic) bond motifs is 1. The number of aromatic nitrogens is 3. The first-order valence-electron chi connectivity index (χ1n) is 5.22. The summed E-state index contributed by atoms with van der Waals surface area (Å²) in [5.41, 5.74) is 0.178. The molecule has 0 aliphatic rings. The summed E-state index contributed by atoms with van der Waals surface area (Å²) >= 11 is 5.89. The van der Waals surface area contributed by atoms with Gasteiger partial charge >= 0.3 is 5.97 Å². The van der Waals surface area contributed by atoms with E-state index in [0.717, 1.165) is 0 Å². The highest BCUT2D eigenvalue weighted by Gasteiger charge is 2.10. The molecule has 2 aromatic rings. The largest absolute Gasteiger partial charge is 0.469 e. The molecule has 0 spiro atoms. The molecule has 2 rings (SSSR count). The summed E-state index contributed by atoms with van der Waals surface area (Å²) in [7, 11) is 1.29. The van der Waals surface area contributed by atoms with Gasteiger partial charge in [-0.15, -0.1) is 10.2 Å². The van der Waals surface area contributed by atoms with E-state index in [1.54, 1.807) is 18.3 Å². The smallest absolute Gasteiger partial charge is 0.305 e. The van der Waals surface area contributed by atoms with E-state index >= 15 is 0 Å². The van der Waals surface area contributed by atoms with Crippen molar-refractivity contribution in [1.82, 2.24) is 14.6 Å². The number of nitrogens with zero attached hydrogens (tertiary/aromatic N) is 3. The molecule has 0 saturated carbocycles. The van der Waals surface area contributed by atoms with Crippen molar-refractivity contribution in [3.63, 3.8) is 0 Å². The number of pyridine rings is 1. The maximum atomic E-state index is 12.0. The van der Waals surface area contributed by atoms with E-state index in [4.69, 9.17) is 11.6 Å². The molecule has 0 fully saturated rings. The minimum Gasteiger partial charge on any atom is -0.469 e. The maximum Gasteiger partial charge on any atom is 0.305 e. The van der Waals surface area contributed by atoms with E-state index in [1.807, 2.05) is 0 Å². The Kier molecular flexibility index (Phi) is 3.57. The van der Waals surface area contributed by atoms with Gasteiger partial charge in [-0.2, -0.15) is 0 Å². The molecule has 18 heavy (non-hydrogen) atoms. The monoisotopic (exact) mass is 267 g/mol. The first kappa shape index (κ1) is 12.5. The summed E-state index contributed by atoms with van der Waals surface area (Å²) in [5, 5.41) is 8.02. The van der Waals surface area contributed by atoms with Crippen LogP contribution in [0.25, 0.3) is 5.65 Å². The first-order chi connectivity index (χ1) is 8.63. The van der Waals surface area contributed by atoms with Crippen LogP contribution < -0.4 is 5.56 Å². The molecule has 0 saturated heterocycles. The highest BCUT2D eigenvalue weighted by atomic mass is 35.5. The summed E-state index contributed by atoms with van der Waals surface area (Å²) < 4.78 is 5.81. The van der Waals surface area contributed by atoms with Gasteiger partial charge in [-0.05, 0) is 12.1 Å². The standard InChI is InChI=1S/C11H10ClN3O3/c1-18-9(16)5-4-8-11(17)15-6-2-3-7(12)10(15)14-13-8/h2-3,6H,4-5H2,1H3. The first-order valence-corrected chi connectivity index (χ1v) is 5.60. The van der Waals surface area contributed by atoms with Crippen LogP contribution in [-0.2, 0) is 16.0 Å². The molecule has 0 radical (unpaired) electrons. The minimum absolute atomic E-state index is 0.0903. The number of esters is 1. The summed E-state index contributed by atoms with van der Waals surface area (Å²) in [6.07, 6.45) is 1.83. The van der Waals surface area contributed by atoms with Gasteiger partial charge in [0.15, 0.2) is 5.65 Å². The lowest BCUT2D eigenvalue weighted by Crippen LogP contribution is -2.22. The van der Waals surface area contributed by atoms with Crippen molar-refractivity contribution < 1.29 is 9.53 Å². The van der Waals surface area contributed by atoms with Crippen molar-refractivity contribution in [3.8, 4) is 0 Å². The lowest BCUT2D eigenvalue weighted by molar-refractivity contribution is -0.140. The van der Waals surface area contributed by atoms with Crippen LogP contribution in [-0.4, -0.2) is 27.7 Å². The normalized spacial score (nSPS) is 10.6. The van der Waals surface area contributed by atoms with Crippen molar-refractivity contribution in [3.05, 3.63) is 39.4 Å². The zero-order valence-electron chi connectivity index (χ0n) is 9.59. The van der Waals surface area contributed by atoms with Gasteiger partial charge in [0.05, 0.1) is 18.6 Å². The quantitative estimate of drug-likeness (QED) is 0.771. The third kappa shape index (κ3) is 2.33. The second kappa shape index (κ2) is 5.14. The van der Waals surface area contributed by atoms with Crippen LogP contribution >= 0.6 is 11.6 Å². The highest BCUT2D eigenvalue weighted by molar-refractivity contribution is 6.33. The Hall–Kier alpha value is -1.95. The topological polar surface area (TPSA) is 73.6 Å². The number of hydrogen-bond acceptors (Lipinski definition) is 5. The Bertz CT molecular complexity index is 654. The summed E-state index contributed by atoms with van der Waals surface area (Å²) in [6, 6.07) is 3.27. The highest BCUT2D eigenvalue weighted by Crippen LogP contribution is 2.11. The second-order valence-corrected chi connectivity index (χ2v) is 3.98. The lowest BCUT2D eigenvalue weighted by atomic mass is 10.2. The third-order valence-corrected chi connectivity index (χ3v) is 2.74. The van der Waals surface area contributed by atoms with Crippen LogP contribution in [0.4, 0.5) is 0 Å². The van der Waals surface area contributed by atoms with Crippen LogP contribution in [0.15, 0.2) is 23.1 Å². The fourth-order valence-electron chi connectivity index (χ4n) is 1.50. The molecule has 0 amide bonds. The molecule has 2 heterocycles. The van der Waals surface area contributed by atoms with Gasteiger partial charge < -0.3 is 4.74 Å². The maximum absolute atomic E-state index is 12.0. The zero-order chi connectivity index (χ0) is 13.1. The molecule has 0 N–H and O–H groups in total. The molecule has 2 aromatic heterocycles. The molecular formula is C11H10ClN3O3. The molecule has 0 aliphatic heterocycles. The van der Waals surface area contributed by atoms with Gasteiger partial charge in [0.25, 0.3) is 5.56 Å². The molecule has 7 heteroatoms. The lowest BCUT2D eigenvalue weighted by Gasteiger charge is -2.03. The van der Waals surface area contributed by atoms with Gasteiger partial charge in [0.2, 0.25) is 0 Å². The molecular weight excluding hydrogens is 258 g/mol. The second-order valence-electron chi connectivity index (χ2n) is 3.58. The molecule has 0 unspecified atom stereocenters. The minimum atomic E-state index is -0.396. The van der Waals surface area contributed by atoms with Crippen LogP contribution in [0.1, 0.15) is 12.1 Å². The number of carbonyl (C=O) groups is 1. The number of carbonyl (C=O) groups excluding carboxylic acids is 1. The Morgan fingerprint density at radius 1 is 1.50 bits per heavy atom. The van der Waals surface area contributed by atoms with Crippen LogP contribution in [0.3, 0.4) is 0 Å². The Balaban J connectivity index is 2.40. The Morgan fingerprint density at radius 3 is 3.00 bits per heavy atom. The van der Waals surface area contributed by atoms with E-state index in [0.29, 0.717) is 10.7 Å². The number of ether oxygens (including phenoxy) is 1. The zero-order valence-corrected chi connectivity index (χ0v) is 10.3. The van der Waals surface area contributed by atoms with Crippen molar-refractivity contribution >= 4 is 23.2 Å². The van der Waals surface area contributed by atoms with E-state index in [-0.39, 0.29) is 24.1 Å². The van der Waals surface area contributed by atoms with Gasteiger partial charge in [-0.3, -0.25) is 14.0 Å². The van der Waals surface area contributed by atoms with Crippen LogP contribution in [0.5, 0.6) is 0 Å². The van der Waals surface area contributed by atoms with Crippen molar-refractivity contribution in [2.24, 2.45) is 0 Å². The van der Waals surface area contributed by atoms with Crippen LogP contribution in [0, 0.1) is 0 Å². The average Bonchev–Trinajstić information content (AvgIpc) is 2.38. The summed E-state index contributed by atoms with van der Waals surface area (Å²) in [6.45, 7) is 0. The van der Waals surface area contributed by atoms with Crippen molar-refractivity contribution in [1.29, 1.82) is 0 Å². The number of rotatable bonds is 3. The van der Waals surface area contributed by atoms with Crippen molar-refractivity contribution in [2.75, 3.05) is 7.11 Å². The molecule has 0 atom stereocenters. The summed E-state index contributed by atoms with van der Waals surface area (Å²) in [5.74, 6) is -0.396. The van der Waals surface area contributed by atoms with Gasteiger partial charge in [0.1, 0.15) is 5.69 Å².